The van der Waals surface area contributed by atoms with E-state index in [-0.39, 0.29) is 11.6 Å². The molecule has 0 amide bonds. The van der Waals surface area contributed by atoms with Gasteiger partial charge in [-0.1, -0.05) is 5.21 Å². The Kier molecular flexibility index (Phi) is 4.42. The van der Waals surface area contributed by atoms with Crippen molar-refractivity contribution in [2.75, 3.05) is 5.73 Å². The summed E-state index contributed by atoms with van der Waals surface area (Å²) in [6.07, 6.45) is 4.03. The standard InChI is InChI=1S/C23H23FN8O/c1-12-17-8-15(24)5-6-16(17)21-18(28-31(2)29-21)9-19-22(32(30-27-19)11-13-3-4-13)14-7-20(33-12)23(25)26-10-14/h5-8,10,12-13H,3-4,9,11H2,1-2H3,(H2,25,26)/t12-/m1/s1. The maximum Gasteiger partial charge on any atom is 0.166 e. The number of pyridine rings is 1. The second-order valence-electron chi connectivity index (χ2n) is 8.77. The van der Waals surface area contributed by atoms with Crippen LogP contribution >= 0.6 is 0 Å². The van der Waals surface area contributed by atoms with Gasteiger partial charge in [0.15, 0.2) is 11.6 Å². The Balaban J connectivity index is 1.60. The van der Waals surface area contributed by atoms with Crippen LogP contribution in [0.2, 0.25) is 0 Å². The van der Waals surface area contributed by atoms with Gasteiger partial charge in [-0.15, -0.1) is 5.10 Å². The summed E-state index contributed by atoms with van der Waals surface area (Å²) in [5.41, 5.74) is 11.4. The summed E-state index contributed by atoms with van der Waals surface area (Å²) in [6, 6.07) is 6.47. The summed E-state index contributed by atoms with van der Waals surface area (Å²) in [5.74, 6) is 0.958. The van der Waals surface area contributed by atoms with Crippen molar-refractivity contribution in [3.8, 4) is 28.3 Å². The SMILES string of the molecule is C[C@H]1Oc2cc(cnc2N)-c2c(nnn2CC2CC2)Cc2nn(C)nc2-c2ccc(F)cc21. The van der Waals surface area contributed by atoms with Gasteiger partial charge in [0, 0.05) is 42.9 Å². The molecule has 0 saturated heterocycles. The van der Waals surface area contributed by atoms with Gasteiger partial charge in [-0.25, -0.2) is 14.1 Å². The average molecular weight is 446 g/mol. The Hall–Kier alpha value is -3.82. The van der Waals surface area contributed by atoms with E-state index in [4.69, 9.17) is 10.5 Å². The second-order valence-corrected chi connectivity index (χ2v) is 8.77. The first-order chi connectivity index (χ1) is 16.0. The number of halogens is 1. The van der Waals surface area contributed by atoms with E-state index in [0.717, 1.165) is 34.8 Å². The number of hydrogen-bond donors (Lipinski definition) is 1. The van der Waals surface area contributed by atoms with Crippen LogP contribution in [-0.4, -0.2) is 35.0 Å². The van der Waals surface area contributed by atoms with Crippen LogP contribution in [0.4, 0.5) is 10.2 Å². The first-order valence-electron chi connectivity index (χ1n) is 11.0. The van der Waals surface area contributed by atoms with Crippen molar-refractivity contribution < 1.29 is 9.13 Å². The number of aromatic nitrogens is 7. The lowest BCUT2D eigenvalue weighted by Gasteiger charge is -2.20. The molecule has 1 aliphatic carbocycles. The molecule has 3 aromatic heterocycles. The summed E-state index contributed by atoms with van der Waals surface area (Å²) >= 11 is 0. The van der Waals surface area contributed by atoms with E-state index in [2.05, 4.69) is 25.5 Å². The van der Waals surface area contributed by atoms with E-state index in [0.29, 0.717) is 29.3 Å². The highest BCUT2D eigenvalue weighted by Crippen LogP contribution is 2.38. The predicted octanol–water partition coefficient (Wildman–Crippen LogP) is 3.31. The summed E-state index contributed by atoms with van der Waals surface area (Å²) in [6.45, 7) is 2.66. The molecule has 168 valence electrons. The van der Waals surface area contributed by atoms with Gasteiger partial charge in [0.2, 0.25) is 0 Å². The van der Waals surface area contributed by atoms with Crippen LogP contribution in [0.1, 0.15) is 42.8 Å². The van der Waals surface area contributed by atoms with Crippen molar-refractivity contribution in [1.29, 1.82) is 0 Å². The number of rotatable bonds is 2. The molecule has 4 heterocycles. The van der Waals surface area contributed by atoms with E-state index in [1.807, 2.05) is 17.7 Å². The molecular weight excluding hydrogens is 423 g/mol. The van der Waals surface area contributed by atoms with Crippen LogP contribution in [0.25, 0.3) is 22.5 Å². The van der Waals surface area contributed by atoms with Crippen molar-refractivity contribution in [3.05, 3.63) is 53.2 Å². The van der Waals surface area contributed by atoms with Crippen molar-refractivity contribution in [2.24, 2.45) is 13.0 Å². The van der Waals surface area contributed by atoms with Gasteiger partial charge in [0.1, 0.15) is 17.6 Å². The van der Waals surface area contributed by atoms with E-state index in [1.54, 1.807) is 19.3 Å². The van der Waals surface area contributed by atoms with E-state index in [9.17, 15) is 4.39 Å². The maximum absolute atomic E-state index is 14.3. The summed E-state index contributed by atoms with van der Waals surface area (Å²) < 4.78 is 22.4. The van der Waals surface area contributed by atoms with Gasteiger partial charge in [0.25, 0.3) is 0 Å². The smallest absolute Gasteiger partial charge is 0.166 e. The van der Waals surface area contributed by atoms with Gasteiger partial charge in [-0.2, -0.15) is 15.0 Å². The highest BCUT2D eigenvalue weighted by molar-refractivity contribution is 5.70. The van der Waals surface area contributed by atoms with Gasteiger partial charge in [0.05, 0.1) is 17.1 Å². The number of aryl methyl sites for hydroxylation is 1. The van der Waals surface area contributed by atoms with Gasteiger partial charge >= 0.3 is 0 Å². The van der Waals surface area contributed by atoms with Crippen molar-refractivity contribution >= 4 is 5.82 Å². The number of ether oxygens (including phenoxy) is 1. The fraction of sp³-hybridized carbons (Fsp3) is 0.348. The van der Waals surface area contributed by atoms with Crippen LogP contribution in [0.3, 0.4) is 0 Å². The molecule has 0 radical (unpaired) electrons. The first kappa shape index (κ1) is 19.8. The Morgan fingerprint density at radius 2 is 2.03 bits per heavy atom. The number of nitrogens with zero attached hydrogens (tertiary/aromatic N) is 7. The minimum Gasteiger partial charge on any atom is -0.482 e. The Bertz CT molecular complexity index is 1370. The van der Waals surface area contributed by atoms with Crippen LogP contribution in [0, 0.1) is 11.7 Å². The van der Waals surface area contributed by atoms with Crippen molar-refractivity contribution in [3.63, 3.8) is 0 Å². The lowest BCUT2D eigenvalue weighted by molar-refractivity contribution is 0.227. The predicted molar refractivity (Wildman–Crippen MR) is 119 cm³/mol. The van der Waals surface area contributed by atoms with Crippen molar-refractivity contribution in [2.45, 2.75) is 38.8 Å². The summed E-state index contributed by atoms with van der Waals surface area (Å²) in [4.78, 5) is 5.90. The van der Waals surface area contributed by atoms with Gasteiger partial charge in [-0.05, 0) is 49.9 Å². The van der Waals surface area contributed by atoms with Gasteiger partial charge in [-0.3, -0.25) is 0 Å². The Labute approximate surface area is 189 Å². The number of hydrogen-bond acceptors (Lipinski definition) is 7. The number of nitrogen functional groups attached to an aromatic ring is 1. The van der Waals surface area contributed by atoms with E-state index < -0.39 is 6.10 Å². The molecule has 9 nitrogen and oxygen atoms in total. The zero-order valence-electron chi connectivity index (χ0n) is 18.4. The van der Waals surface area contributed by atoms with Crippen LogP contribution in [0.15, 0.2) is 30.5 Å². The Morgan fingerprint density at radius 1 is 1.18 bits per heavy atom. The number of nitrogens with two attached hydrogens (primary N) is 1. The lowest BCUT2D eigenvalue weighted by Crippen LogP contribution is -2.10. The third-order valence-electron chi connectivity index (χ3n) is 6.22. The third kappa shape index (κ3) is 3.51. The number of anilines is 1. The maximum atomic E-state index is 14.3. The van der Waals surface area contributed by atoms with Crippen LogP contribution in [0.5, 0.6) is 5.75 Å². The zero-order valence-corrected chi connectivity index (χ0v) is 18.4. The highest BCUT2D eigenvalue weighted by Gasteiger charge is 2.28. The van der Waals surface area contributed by atoms with Crippen LogP contribution in [-0.2, 0) is 20.0 Å². The minimum atomic E-state index is -0.502. The fourth-order valence-electron chi connectivity index (χ4n) is 4.41. The molecule has 2 bridgehead atoms. The van der Waals surface area contributed by atoms with E-state index >= 15 is 0 Å². The molecule has 1 saturated carbocycles. The molecule has 1 aliphatic heterocycles. The molecule has 2 aliphatic rings. The quantitative estimate of drug-likeness (QED) is 0.503. The molecule has 6 rings (SSSR count). The molecule has 2 N–H and O–H groups in total. The largest absolute Gasteiger partial charge is 0.482 e. The molecule has 10 heteroatoms. The number of benzene rings is 1. The van der Waals surface area contributed by atoms with Crippen molar-refractivity contribution in [1.82, 2.24) is 35.0 Å². The lowest BCUT2D eigenvalue weighted by atomic mass is 9.97. The molecule has 0 unspecified atom stereocenters. The molecule has 1 aromatic carbocycles. The molecule has 0 spiro atoms. The molecule has 1 fully saturated rings. The Morgan fingerprint density at radius 3 is 2.85 bits per heavy atom. The highest BCUT2D eigenvalue weighted by atomic mass is 19.1. The topological polar surface area (TPSA) is 110 Å². The fourth-order valence-corrected chi connectivity index (χ4v) is 4.41. The minimum absolute atomic E-state index is 0.267. The molecule has 33 heavy (non-hydrogen) atoms. The third-order valence-corrected chi connectivity index (χ3v) is 6.22. The number of fused-ring (bicyclic) bond motifs is 7. The molecule has 4 aromatic rings. The second kappa shape index (κ2) is 7.36. The molecular formula is C23H23FN8O. The van der Waals surface area contributed by atoms with E-state index in [1.165, 1.54) is 29.8 Å². The van der Waals surface area contributed by atoms with Crippen LogP contribution < -0.4 is 10.5 Å². The molecule has 1 atom stereocenters. The normalized spacial score (nSPS) is 17.2. The first-order valence-corrected chi connectivity index (χ1v) is 11.0. The monoisotopic (exact) mass is 446 g/mol. The summed E-state index contributed by atoms with van der Waals surface area (Å²) in [7, 11) is 1.77. The van der Waals surface area contributed by atoms with Gasteiger partial charge < -0.3 is 10.5 Å². The zero-order chi connectivity index (χ0) is 22.7. The summed E-state index contributed by atoms with van der Waals surface area (Å²) in [5, 5.41) is 18.2. The average Bonchev–Trinajstić information content (AvgIpc) is 3.41.